The van der Waals surface area contributed by atoms with E-state index in [-0.39, 0.29) is 24.1 Å². The first-order valence-corrected chi connectivity index (χ1v) is 11.9. The number of hydrogen-bond acceptors (Lipinski definition) is 6. The van der Waals surface area contributed by atoms with Gasteiger partial charge in [-0.2, -0.15) is 0 Å². The molecule has 4 rings (SSSR count). The van der Waals surface area contributed by atoms with Gasteiger partial charge in [-0.15, -0.1) is 21.5 Å². The van der Waals surface area contributed by atoms with Crippen molar-refractivity contribution in [2.24, 2.45) is 0 Å². The number of aromatic nitrogens is 3. The number of carbonyl (C=O) groups is 2. The average Bonchev–Trinajstić information content (AvgIpc) is 3.44. The highest BCUT2D eigenvalue weighted by Crippen LogP contribution is 2.25. The van der Waals surface area contributed by atoms with Crippen LogP contribution in [0.4, 0.5) is 0 Å². The molecule has 0 aliphatic heterocycles. The maximum atomic E-state index is 12.8. The summed E-state index contributed by atoms with van der Waals surface area (Å²) in [5, 5.41) is 15.2. The second kappa shape index (κ2) is 9.49. The molecule has 0 atom stereocenters. The van der Waals surface area contributed by atoms with E-state index in [9.17, 15) is 9.59 Å². The van der Waals surface area contributed by atoms with Crippen LogP contribution < -0.4 is 5.32 Å². The molecule has 0 radical (unpaired) electrons. The van der Waals surface area contributed by atoms with Crippen LogP contribution in [0, 0.1) is 6.92 Å². The average molecular weight is 454 g/mol. The van der Waals surface area contributed by atoms with Crippen LogP contribution in [0.25, 0.3) is 16.6 Å². The van der Waals surface area contributed by atoms with Crippen LogP contribution in [-0.4, -0.2) is 50.2 Å². The minimum Gasteiger partial charge on any atom is -0.350 e. The van der Waals surface area contributed by atoms with Crippen molar-refractivity contribution in [2.75, 3.05) is 18.8 Å². The molecule has 0 spiro atoms. The number of thiophene rings is 1. The topological polar surface area (TPSA) is 79.6 Å². The van der Waals surface area contributed by atoms with Crippen LogP contribution in [0.5, 0.6) is 0 Å². The quantitative estimate of drug-likeness (QED) is 0.413. The van der Waals surface area contributed by atoms with Crippen LogP contribution in [0.3, 0.4) is 0 Å². The molecule has 0 bridgehead atoms. The number of nitrogens with zero attached hydrogens (tertiary/aromatic N) is 4. The molecular formula is C22H23N5O2S2. The van der Waals surface area contributed by atoms with Gasteiger partial charge in [0.15, 0.2) is 10.8 Å². The molecule has 31 heavy (non-hydrogen) atoms. The van der Waals surface area contributed by atoms with E-state index >= 15 is 0 Å². The lowest BCUT2D eigenvalue weighted by Gasteiger charge is -2.20. The van der Waals surface area contributed by atoms with Gasteiger partial charge in [-0.25, -0.2) is 0 Å². The van der Waals surface area contributed by atoms with Crippen LogP contribution in [0.1, 0.15) is 17.4 Å². The minimum absolute atomic E-state index is 0.0456. The highest BCUT2D eigenvalue weighted by atomic mass is 32.2. The number of hydrogen-bond donors (Lipinski definition) is 1. The summed E-state index contributed by atoms with van der Waals surface area (Å²) in [7, 11) is 0. The number of fused-ring (bicyclic) bond motifs is 3. The van der Waals surface area contributed by atoms with Crippen molar-refractivity contribution in [3.63, 3.8) is 0 Å². The Balaban J connectivity index is 1.42. The van der Waals surface area contributed by atoms with Gasteiger partial charge in [0, 0.05) is 16.8 Å². The number of pyridine rings is 1. The number of benzene rings is 1. The molecule has 0 saturated heterocycles. The van der Waals surface area contributed by atoms with Crippen molar-refractivity contribution < 1.29 is 9.59 Å². The molecule has 160 valence electrons. The van der Waals surface area contributed by atoms with Gasteiger partial charge in [0.25, 0.3) is 0 Å². The van der Waals surface area contributed by atoms with E-state index in [0.29, 0.717) is 18.2 Å². The molecule has 0 fully saturated rings. The number of nitrogens with one attached hydrogen (secondary N) is 1. The van der Waals surface area contributed by atoms with Crippen molar-refractivity contribution >= 4 is 51.5 Å². The molecule has 0 saturated carbocycles. The predicted octanol–water partition coefficient (Wildman–Crippen LogP) is 3.51. The molecule has 0 unspecified atom stereocenters. The first-order chi connectivity index (χ1) is 15.1. The molecule has 3 heterocycles. The third-order valence-corrected chi connectivity index (χ3v) is 6.80. The SMILES string of the molecule is CCN(CC(=O)NCc1cccs1)C(=O)CSc1nnc2cc(C)c3ccccc3n12. The zero-order valence-corrected chi connectivity index (χ0v) is 19.0. The van der Waals surface area contributed by atoms with Gasteiger partial charge in [0.1, 0.15) is 0 Å². The van der Waals surface area contributed by atoms with Crippen LogP contribution >= 0.6 is 23.1 Å². The molecule has 7 nitrogen and oxygen atoms in total. The third kappa shape index (κ3) is 4.72. The summed E-state index contributed by atoms with van der Waals surface area (Å²) >= 11 is 2.93. The summed E-state index contributed by atoms with van der Waals surface area (Å²) < 4.78 is 1.98. The third-order valence-electron chi connectivity index (χ3n) is 5.01. The van der Waals surface area contributed by atoms with Gasteiger partial charge in [0.05, 0.1) is 24.4 Å². The monoisotopic (exact) mass is 453 g/mol. The summed E-state index contributed by atoms with van der Waals surface area (Å²) in [6, 6.07) is 14.0. The van der Waals surface area contributed by atoms with Crippen molar-refractivity contribution in [1.29, 1.82) is 0 Å². The Kier molecular flexibility index (Phi) is 6.53. The Bertz CT molecular complexity index is 1220. The molecule has 3 aromatic heterocycles. The van der Waals surface area contributed by atoms with E-state index in [2.05, 4.69) is 28.5 Å². The zero-order valence-electron chi connectivity index (χ0n) is 17.4. The van der Waals surface area contributed by atoms with Gasteiger partial charge in [-0.1, -0.05) is 36.0 Å². The van der Waals surface area contributed by atoms with E-state index in [1.165, 1.54) is 11.8 Å². The summed E-state index contributed by atoms with van der Waals surface area (Å²) in [5.41, 5.74) is 2.90. The van der Waals surface area contributed by atoms with Crippen molar-refractivity contribution in [3.8, 4) is 0 Å². The van der Waals surface area contributed by atoms with Gasteiger partial charge in [-0.05, 0) is 43.0 Å². The fourth-order valence-electron chi connectivity index (χ4n) is 3.39. The molecule has 4 aromatic rings. The Morgan fingerprint density at radius 3 is 2.81 bits per heavy atom. The van der Waals surface area contributed by atoms with E-state index in [1.54, 1.807) is 16.2 Å². The predicted molar refractivity (Wildman–Crippen MR) is 124 cm³/mol. The van der Waals surface area contributed by atoms with Crippen molar-refractivity contribution in [3.05, 3.63) is 58.3 Å². The van der Waals surface area contributed by atoms with E-state index in [4.69, 9.17) is 0 Å². The van der Waals surface area contributed by atoms with Gasteiger partial charge < -0.3 is 10.2 Å². The van der Waals surface area contributed by atoms with Gasteiger partial charge in [-0.3, -0.25) is 14.0 Å². The van der Waals surface area contributed by atoms with Gasteiger partial charge >= 0.3 is 0 Å². The van der Waals surface area contributed by atoms with E-state index < -0.39 is 0 Å². The lowest BCUT2D eigenvalue weighted by Crippen LogP contribution is -2.41. The molecule has 1 N–H and O–H groups in total. The number of para-hydroxylation sites is 1. The largest absolute Gasteiger partial charge is 0.350 e. The van der Waals surface area contributed by atoms with E-state index in [0.717, 1.165) is 27.0 Å². The summed E-state index contributed by atoms with van der Waals surface area (Å²) in [6.07, 6.45) is 0. The fourth-order valence-corrected chi connectivity index (χ4v) is 4.89. The Hall–Kier alpha value is -2.91. The number of aryl methyl sites for hydroxylation is 1. The molecule has 1 aromatic carbocycles. The Morgan fingerprint density at radius 2 is 2.03 bits per heavy atom. The smallest absolute Gasteiger partial charge is 0.239 e. The fraction of sp³-hybridized carbons (Fsp3) is 0.273. The van der Waals surface area contributed by atoms with Gasteiger partial charge in [0.2, 0.25) is 11.8 Å². The second-order valence-corrected chi connectivity index (χ2v) is 9.05. The lowest BCUT2D eigenvalue weighted by molar-refractivity contribution is -0.133. The normalized spacial score (nSPS) is 11.2. The number of carbonyl (C=O) groups excluding carboxylic acids is 2. The maximum absolute atomic E-state index is 12.8. The number of likely N-dealkylation sites (N-methyl/N-ethyl adjacent to an activating group) is 1. The molecular weight excluding hydrogens is 430 g/mol. The molecule has 0 aliphatic rings. The standard InChI is InChI=1S/C22H23N5O2S2/c1-3-26(13-20(28)23-12-16-7-6-10-30-16)21(29)14-31-22-25-24-19-11-15(2)17-8-4-5-9-18(17)27(19)22/h4-11H,3,12-14H2,1-2H3,(H,23,28). The number of thioether (sulfide) groups is 1. The first kappa shape index (κ1) is 21.3. The first-order valence-electron chi connectivity index (χ1n) is 10.00. The Labute approximate surface area is 188 Å². The lowest BCUT2D eigenvalue weighted by atomic mass is 10.1. The molecule has 9 heteroatoms. The van der Waals surface area contributed by atoms with Crippen LogP contribution in [0.15, 0.2) is 53.0 Å². The minimum atomic E-state index is -0.164. The second-order valence-electron chi connectivity index (χ2n) is 7.07. The maximum Gasteiger partial charge on any atom is 0.239 e. The Morgan fingerprint density at radius 1 is 1.19 bits per heavy atom. The zero-order chi connectivity index (χ0) is 21.8. The van der Waals surface area contributed by atoms with Crippen molar-refractivity contribution in [2.45, 2.75) is 25.5 Å². The van der Waals surface area contributed by atoms with E-state index in [1.807, 2.05) is 53.1 Å². The number of rotatable bonds is 8. The highest BCUT2D eigenvalue weighted by Gasteiger charge is 2.18. The summed E-state index contributed by atoms with van der Waals surface area (Å²) in [6.45, 7) is 4.92. The highest BCUT2D eigenvalue weighted by molar-refractivity contribution is 7.99. The molecule has 0 aliphatic carbocycles. The summed E-state index contributed by atoms with van der Waals surface area (Å²) in [4.78, 5) is 27.7. The van der Waals surface area contributed by atoms with Crippen molar-refractivity contribution in [1.82, 2.24) is 24.8 Å². The van der Waals surface area contributed by atoms with Crippen LogP contribution in [0.2, 0.25) is 0 Å². The summed E-state index contributed by atoms with van der Waals surface area (Å²) in [5.74, 6) is -0.0791. The molecule has 2 amide bonds. The van der Waals surface area contributed by atoms with Crippen LogP contribution in [-0.2, 0) is 16.1 Å². The number of amides is 2.